The van der Waals surface area contributed by atoms with Crippen molar-refractivity contribution in [1.82, 2.24) is 0 Å². The summed E-state index contributed by atoms with van der Waals surface area (Å²) in [7, 11) is 0. The van der Waals surface area contributed by atoms with Gasteiger partial charge in [-0.1, -0.05) is 52.4 Å². The van der Waals surface area contributed by atoms with Crippen LogP contribution >= 0.6 is 0 Å². The zero-order valence-corrected chi connectivity index (χ0v) is 19.4. The van der Waals surface area contributed by atoms with Crippen LogP contribution in [0.4, 0.5) is 0 Å². The lowest BCUT2D eigenvalue weighted by molar-refractivity contribution is -0.183. The summed E-state index contributed by atoms with van der Waals surface area (Å²) in [6.07, 6.45) is 23.1. The monoisotopic (exact) mass is 404 g/mol. The van der Waals surface area contributed by atoms with Gasteiger partial charge >= 0.3 is 0 Å². The standard InChI is InChI=1S/C27H48O2/c1-25(2,26(17-13-23(28)14-18-26)21-9-5-3-6-10-21)27(19-15-24(29)16-20-27)22-11-7-4-8-12-22/h21-24,28-29H,3-20H2,1-2H3. The summed E-state index contributed by atoms with van der Waals surface area (Å²) in [6, 6.07) is 0. The summed E-state index contributed by atoms with van der Waals surface area (Å²) in [5.74, 6) is 1.71. The first-order valence-electron chi connectivity index (χ1n) is 13.3. The molecule has 2 nitrogen and oxygen atoms in total. The molecule has 0 aliphatic heterocycles. The molecule has 4 aliphatic rings. The third-order valence-corrected chi connectivity index (χ3v) is 11.0. The molecule has 0 unspecified atom stereocenters. The summed E-state index contributed by atoms with van der Waals surface area (Å²) in [5.41, 5.74) is 1.09. The molecule has 0 aromatic rings. The molecule has 168 valence electrons. The first kappa shape index (κ1) is 22.1. The van der Waals surface area contributed by atoms with Gasteiger partial charge in [0, 0.05) is 0 Å². The van der Waals surface area contributed by atoms with Gasteiger partial charge in [-0.3, -0.25) is 0 Å². The van der Waals surface area contributed by atoms with Gasteiger partial charge in [-0.05, 0) is 105 Å². The molecule has 0 aromatic heterocycles. The maximum atomic E-state index is 10.4. The van der Waals surface area contributed by atoms with Crippen LogP contribution in [-0.4, -0.2) is 22.4 Å². The van der Waals surface area contributed by atoms with Gasteiger partial charge in [-0.2, -0.15) is 0 Å². The fourth-order valence-corrected chi connectivity index (χ4v) is 9.13. The minimum Gasteiger partial charge on any atom is -0.393 e. The summed E-state index contributed by atoms with van der Waals surface area (Å²) in [5, 5.41) is 20.9. The van der Waals surface area contributed by atoms with Gasteiger partial charge in [0.15, 0.2) is 0 Å². The number of rotatable bonds is 4. The van der Waals surface area contributed by atoms with Crippen LogP contribution in [0.2, 0.25) is 0 Å². The van der Waals surface area contributed by atoms with E-state index in [1.165, 1.54) is 89.9 Å². The molecule has 4 fully saturated rings. The predicted molar refractivity (Wildman–Crippen MR) is 121 cm³/mol. The largest absolute Gasteiger partial charge is 0.393 e. The van der Waals surface area contributed by atoms with Gasteiger partial charge in [-0.25, -0.2) is 0 Å². The SMILES string of the molecule is CC(C)(C1(C2CCCCC2)CCC(O)CC1)C1(C2CCCCC2)CCC(O)CC1. The molecule has 29 heavy (non-hydrogen) atoms. The maximum Gasteiger partial charge on any atom is 0.0540 e. The Bertz CT molecular complexity index is 465. The second-order valence-corrected chi connectivity index (χ2v) is 12.1. The highest BCUT2D eigenvalue weighted by atomic mass is 16.3. The van der Waals surface area contributed by atoms with Crippen molar-refractivity contribution in [3.05, 3.63) is 0 Å². The van der Waals surface area contributed by atoms with Gasteiger partial charge in [-0.15, -0.1) is 0 Å². The van der Waals surface area contributed by atoms with Crippen LogP contribution in [0.3, 0.4) is 0 Å². The highest BCUT2D eigenvalue weighted by Gasteiger charge is 2.62. The van der Waals surface area contributed by atoms with E-state index in [1.807, 2.05) is 0 Å². The molecule has 2 N–H and O–H groups in total. The van der Waals surface area contributed by atoms with E-state index < -0.39 is 0 Å². The van der Waals surface area contributed by atoms with Crippen molar-refractivity contribution in [1.29, 1.82) is 0 Å². The number of hydrogen-bond acceptors (Lipinski definition) is 2. The molecule has 4 saturated carbocycles. The molecule has 2 heteroatoms. The van der Waals surface area contributed by atoms with E-state index in [0.29, 0.717) is 16.2 Å². The predicted octanol–water partition coefficient (Wildman–Crippen LogP) is 7.02. The van der Waals surface area contributed by atoms with Crippen LogP contribution in [0.1, 0.15) is 129 Å². The van der Waals surface area contributed by atoms with E-state index in [0.717, 1.165) is 37.5 Å². The minimum atomic E-state index is -0.0682. The van der Waals surface area contributed by atoms with Gasteiger partial charge < -0.3 is 10.2 Å². The van der Waals surface area contributed by atoms with Crippen LogP contribution in [0, 0.1) is 28.1 Å². The van der Waals surface area contributed by atoms with Crippen LogP contribution in [-0.2, 0) is 0 Å². The van der Waals surface area contributed by atoms with Crippen LogP contribution in [0.15, 0.2) is 0 Å². The van der Waals surface area contributed by atoms with Gasteiger partial charge in [0.2, 0.25) is 0 Å². The molecular formula is C27H48O2. The highest BCUT2D eigenvalue weighted by molar-refractivity contribution is 5.11. The van der Waals surface area contributed by atoms with E-state index in [-0.39, 0.29) is 12.2 Å². The summed E-state index contributed by atoms with van der Waals surface area (Å²) >= 11 is 0. The molecular weight excluding hydrogens is 356 g/mol. The Labute approximate surface area is 180 Å². The van der Waals surface area contributed by atoms with Gasteiger partial charge in [0.25, 0.3) is 0 Å². The quantitative estimate of drug-likeness (QED) is 0.529. The van der Waals surface area contributed by atoms with Crippen molar-refractivity contribution in [2.75, 3.05) is 0 Å². The fraction of sp³-hybridized carbons (Fsp3) is 1.00. The topological polar surface area (TPSA) is 40.5 Å². The van der Waals surface area contributed by atoms with Crippen LogP contribution < -0.4 is 0 Å². The molecule has 0 bridgehead atoms. The fourth-order valence-electron chi connectivity index (χ4n) is 9.13. The average molecular weight is 405 g/mol. The summed E-state index contributed by atoms with van der Waals surface area (Å²) < 4.78 is 0. The van der Waals surface area contributed by atoms with Crippen molar-refractivity contribution in [3.63, 3.8) is 0 Å². The van der Waals surface area contributed by atoms with Crippen molar-refractivity contribution in [2.45, 2.75) is 142 Å². The van der Waals surface area contributed by atoms with Gasteiger partial charge in [0.1, 0.15) is 0 Å². The molecule has 0 atom stereocenters. The van der Waals surface area contributed by atoms with Crippen molar-refractivity contribution >= 4 is 0 Å². The minimum absolute atomic E-state index is 0.0682. The molecule has 0 amide bonds. The van der Waals surface area contributed by atoms with Gasteiger partial charge in [0.05, 0.1) is 12.2 Å². The zero-order valence-electron chi connectivity index (χ0n) is 19.4. The Morgan fingerprint density at radius 3 is 1.14 bits per heavy atom. The second-order valence-electron chi connectivity index (χ2n) is 12.1. The second kappa shape index (κ2) is 8.81. The molecule has 0 spiro atoms. The Morgan fingerprint density at radius 1 is 0.517 bits per heavy atom. The van der Waals surface area contributed by atoms with E-state index >= 15 is 0 Å². The molecule has 4 rings (SSSR count). The Balaban J connectivity index is 1.73. The van der Waals surface area contributed by atoms with E-state index in [4.69, 9.17) is 0 Å². The lowest BCUT2D eigenvalue weighted by atomic mass is 9.38. The van der Waals surface area contributed by atoms with E-state index in [1.54, 1.807) is 0 Å². The number of aliphatic hydroxyl groups is 2. The molecule has 0 aromatic carbocycles. The lowest BCUT2D eigenvalue weighted by Gasteiger charge is -2.66. The summed E-state index contributed by atoms with van der Waals surface area (Å²) in [6.45, 7) is 5.34. The molecule has 0 radical (unpaired) electrons. The Morgan fingerprint density at radius 2 is 0.828 bits per heavy atom. The molecule has 0 heterocycles. The smallest absolute Gasteiger partial charge is 0.0540 e. The Hall–Kier alpha value is -0.0800. The number of aliphatic hydroxyl groups excluding tert-OH is 2. The first-order chi connectivity index (χ1) is 13.9. The van der Waals surface area contributed by atoms with Crippen LogP contribution in [0.5, 0.6) is 0 Å². The lowest BCUT2D eigenvalue weighted by Crippen LogP contribution is -2.59. The van der Waals surface area contributed by atoms with Crippen molar-refractivity contribution < 1.29 is 10.2 Å². The first-order valence-corrected chi connectivity index (χ1v) is 13.3. The van der Waals surface area contributed by atoms with Crippen LogP contribution in [0.25, 0.3) is 0 Å². The third kappa shape index (κ3) is 3.84. The molecule has 0 saturated heterocycles. The number of hydrogen-bond donors (Lipinski definition) is 2. The molecule has 4 aliphatic carbocycles. The normalized spacial score (nSPS) is 41.4. The third-order valence-electron chi connectivity index (χ3n) is 11.0. The van der Waals surface area contributed by atoms with Crippen molar-refractivity contribution in [2.24, 2.45) is 28.1 Å². The van der Waals surface area contributed by atoms with E-state index in [2.05, 4.69) is 13.8 Å². The summed E-state index contributed by atoms with van der Waals surface area (Å²) in [4.78, 5) is 0. The average Bonchev–Trinajstić information content (AvgIpc) is 2.76. The van der Waals surface area contributed by atoms with E-state index in [9.17, 15) is 10.2 Å². The zero-order chi connectivity index (χ0) is 20.5. The Kier molecular flexibility index (Phi) is 6.72. The highest BCUT2D eigenvalue weighted by Crippen LogP contribution is 2.70. The maximum absolute atomic E-state index is 10.4. The van der Waals surface area contributed by atoms with Crippen molar-refractivity contribution in [3.8, 4) is 0 Å².